The molecule has 0 spiro atoms. The van der Waals surface area contributed by atoms with Crippen molar-refractivity contribution in [3.05, 3.63) is 0 Å². The van der Waals surface area contributed by atoms with E-state index in [2.05, 4.69) is 31.4 Å². The van der Waals surface area contributed by atoms with Crippen LogP contribution in [0.2, 0.25) is 0 Å². The summed E-state index contributed by atoms with van der Waals surface area (Å²) in [6.45, 7) is 12.1. The third-order valence-corrected chi connectivity index (χ3v) is 2.56. The van der Waals surface area contributed by atoms with Gasteiger partial charge in [-0.05, 0) is 34.6 Å². The molecule has 18 heavy (non-hydrogen) atoms. The number of hydrogen-bond donors (Lipinski definition) is 2. The molecule has 5 heteroatoms. The van der Waals surface area contributed by atoms with E-state index in [4.69, 9.17) is 0 Å². The van der Waals surface area contributed by atoms with Crippen LogP contribution >= 0.6 is 0 Å². The summed E-state index contributed by atoms with van der Waals surface area (Å²) < 4.78 is 0. The Morgan fingerprint density at radius 2 is 1.67 bits per heavy atom. The molecule has 0 unspecified atom stereocenters. The van der Waals surface area contributed by atoms with Crippen molar-refractivity contribution in [2.75, 3.05) is 26.2 Å². The molecule has 0 aliphatic carbocycles. The number of rotatable bonds is 7. The van der Waals surface area contributed by atoms with Gasteiger partial charge in [0.05, 0.1) is 6.54 Å². The number of nitrogens with zero attached hydrogens (tertiary/aromatic N) is 1. The van der Waals surface area contributed by atoms with Crippen molar-refractivity contribution in [1.29, 1.82) is 0 Å². The predicted octanol–water partition coefficient (Wildman–Crippen LogP) is 0.749. The summed E-state index contributed by atoms with van der Waals surface area (Å²) in [4.78, 5) is 24.9. The van der Waals surface area contributed by atoms with E-state index in [0.29, 0.717) is 26.1 Å². The number of hydrogen-bond acceptors (Lipinski definition) is 3. The van der Waals surface area contributed by atoms with Crippen LogP contribution in [0.25, 0.3) is 0 Å². The third kappa shape index (κ3) is 8.06. The molecule has 0 heterocycles. The molecular formula is C13H27N3O2. The molecule has 0 saturated carbocycles. The Bertz CT molecular complexity index is 268. The Morgan fingerprint density at radius 3 is 2.11 bits per heavy atom. The fourth-order valence-corrected chi connectivity index (χ4v) is 1.50. The zero-order valence-electron chi connectivity index (χ0n) is 12.3. The molecule has 0 aliphatic heterocycles. The quantitative estimate of drug-likeness (QED) is 0.707. The average Bonchev–Trinajstić information content (AvgIpc) is 2.26. The highest BCUT2D eigenvalue weighted by Gasteiger charge is 2.12. The van der Waals surface area contributed by atoms with Gasteiger partial charge >= 0.3 is 0 Å². The van der Waals surface area contributed by atoms with Gasteiger partial charge in [0.25, 0.3) is 0 Å². The summed E-state index contributed by atoms with van der Waals surface area (Å²) >= 11 is 0. The van der Waals surface area contributed by atoms with Gasteiger partial charge in [0.2, 0.25) is 11.8 Å². The second kappa shape index (κ2) is 8.08. The van der Waals surface area contributed by atoms with Crippen molar-refractivity contribution >= 4 is 11.8 Å². The minimum Gasteiger partial charge on any atom is -0.347 e. The Balaban J connectivity index is 3.80. The van der Waals surface area contributed by atoms with E-state index in [1.165, 1.54) is 0 Å². The molecule has 106 valence electrons. The van der Waals surface area contributed by atoms with Crippen LogP contribution in [0, 0.1) is 0 Å². The molecule has 0 atom stereocenters. The van der Waals surface area contributed by atoms with Crippen LogP contribution in [0.4, 0.5) is 0 Å². The van der Waals surface area contributed by atoms with Crippen LogP contribution < -0.4 is 10.6 Å². The van der Waals surface area contributed by atoms with E-state index in [1.807, 2.05) is 13.8 Å². The Hall–Kier alpha value is -1.10. The average molecular weight is 257 g/mol. The SMILES string of the molecule is CCN(CC)C(=O)CNC(=O)CCNC(C)(C)C. The van der Waals surface area contributed by atoms with Gasteiger partial charge in [-0.3, -0.25) is 9.59 Å². The van der Waals surface area contributed by atoms with Gasteiger partial charge in [-0.15, -0.1) is 0 Å². The maximum absolute atomic E-state index is 11.6. The summed E-state index contributed by atoms with van der Waals surface area (Å²) in [5, 5.41) is 5.88. The zero-order valence-corrected chi connectivity index (χ0v) is 12.3. The monoisotopic (exact) mass is 257 g/mol. The second-order valence-electron chi connectivity index (χ2n) is 5.27. The van der Waals surface area contributed by atoms with Gasteiger partial charge in [-0.1, -0.05) is 0 Å². The number of carbonyl (C=O) groups excluding carboxylic acids is 2. The highest BCUT2D eigenvalue weighted by Crippen LogP contribution is 1.97. The van der Waals surface area contributed by atoms with Gasteiger partial charge in [-0.25, -0.2) is 0 Å². The van der Waals surface area contributed by atoms with Crippen LogP contribution in [-0.4, -0.2) is 48.4 Å². The molecule has 0 aliphatic rings. The van der Waals surface area contributed by atoms with Crippen molar-refractivity contribution in [1.82, 2.24) is 15.5 Å². The highest BCUT2D eigenvalue weighted by molar-refractivity contribution is 5.84. The smallest absolute Gasteiger partial charge is 0.241 e. The Morgan fingerprint density at radius 1 is 1.11 bits per heavy atom. The zero-order chi connectivity index (χ0) is 14.2. The lowest BCUT2D eigenvalue weighted by Crippen LogP contribution is -2.42. The van der Waals surface area contributed by atoms with Crippen molar-refractivity contribution in [3.63, 3.8) is 0 Å². The van der Waals surface area contributed by atoms with Gasteiger partial charge in [0.1, 0.15) is 0 Å². The normalized spacial score (nSPS) is 11.2. The first kappa shape index (κ1) is 16.9. The van der Waals surface area contributed by atoms with E-state index >= 15 is 0 Å². The molecule has 0 bridgehead atoms. The van der Waals surface area contributed by atoms with Gasteiger partial charge < -0.3 is 15.5 Å². The van der Waals surface area contributed by atoms with Crippen LogP contribution in [0.5, 0.6) is 0 Å². The number of likely N-dealkylation sites (N-methyl/N-ethyl adjacent to an activating group) is 1. The highest BCUT2D eigenvalue weighted by atomic mass is 16.2. The molecule has 0 rings (SSSR count). The summed E-state index contributed by atoms with van der Waals surface area (Å²) in [7, 11) is 0. The molecule has 0 fully saturated rings. The number of nitrogens with one attached hydrogen (secondary N) is 2. The summed E-state index contributed by atoms with van der Waals surface area (Å²) in [6, 6.07) is 0. The van der Waals surface area contributed by atoms with E-state index in [-0.39, 0.29) is 23.9 Å². The lowest BCUT2D eigenvalue weighted by Gasteiger charge is -2.20. The third-order valence-electron chi connectivity index (χ3n) is 2.56. The maximum Gasteiger partial charge on any atom is 0.241 e. The van der Waals surface area contributed by atoms with Crippen LogP contribution in [-0.2, 0) is 9.59 Å². The van der Waals surface area contributed by atoms with E-state index in [1.54, 1.807) is 4.90 Å². The van der Waals surface area contributed by atoms with Crippen molar-refractivity contribution in [2.45, 2.75) is 46.6 Å². The van der Waals surface area contributed by atoms with E-state index in [9.17, 15) is 9.59 Å². The fourth-order valence-electron chi connectivity index (χ4n) is 1.50. The first-order chi connectivity index (χ1) is 8.30. The molecule has 0 aromatic rings. The van der Waals surface area contributed by atoms with Gasteiger partial charge in [0, 0.05) is 31.6 Å². The molecule has 0 radical (unpaired) electrons. The first-order valence-electron chi connectivity index (χ1n) is 6.59. The maximum atomic E-state index is 11.6. The fraction of sp³-hybridized carbons (Fsp3) is 0.846. The summed E-state index contributed by atoms with van der Waals surface area (Å²) in [5.41, 5.74) is 0.0112. The topological polar surface area (TPSA) is 61.4 Å². The van der Waals surface area contributed by atoms with E-state index < -0.39 is 0 Å². The molecule has 0 saturated heterocycles. The molecule has 0 aromatic carbocycles. The van der Waals surface area contributed by atoms with Crippen molar-refractivity contribution < 1.29 is 9.59 Å². The van der Waals surface area contributed by atoms with Crippen LogP contribution in [0.1, 0.15) is 41.0 Å². The molecule has 2 N–H and O–H groups in total. The van der Waals surface area contributed by atoms with Crippen molar-refractivity contribution in [2.24, 2.45) is 0 Å². The minimum absolute atomic E-state index is 0.0112. The lowest BCUT2D eigenvalue weighted by atomic mass is 10.1. The van der Waals surface area contributed by atoms with Gasteiger partial charge in [-0.2, -0.15) is 0 Å². The Kier molecular flexibility index (Phi) is 7.59. The largest absolute Gasteiger partial charge is 0.347 e. The standard InChI is InChI=1S/C13H27N3O2/c1-6-16(7-2)12(18)10-14-11(17)8-9-15-13(3,4)5/h15H,6-10H2,1-5H3,(H,14,17). The molecular weight excluding hydrogens is 230 g/mol. The predicted molar refractivity (Wildman–Crippen MR) is 73.3 cm³/mol. The lowest BCUT2D eigenvalue weighted by molar-refractivity contribution is -0.132. The first-order valence-corrected chi connectivity index (χ1v) is 6.59. The molecule has 2 amide bonds. The number of carbonyl (C=O) groups is 2. The van der Waals surface area contributed by atoms with Crippen molar-refractivity contribution in [3.8, 4) is 0 Å². The Labute approximate surface area is 110 Å². The van der Waals surface area contributed by atoms with Gasteiger partial charge in [0.15, 0.2) is 0 Å². The van der Waals surface area contributed by atoms with Crippen LogP contribution in [0.15, 0.2) is 0 Å². The second-order valence-corrected chi connectivity index (χ2v) is 5.27. The number of amides is 2. The van der Waals surface area contributed by atoms with Crippen LogP contribution in [0.3, 0.4) is 0 Å². The molecule has 0 aromatic heterocycles. The van der Waals surface area contributed by atoms with E-state index in [0.717, 1.165) is 0 Å². The summed E-state index contributed by atoms with van der Waals surface area (Å²) in [5.74, 6) is -0.121. The minimum atomic E-state index is -0.0905. The summed E-state index contributed by atoms with van der Waals surface area (Å²) in [6.07, 6.45) is 0.392. The molecule has 5 nitrogen and oxygen atoms in total.